The number of fused-ring (bicyclic) bond motifs is 1. The predicted octanol–water partition coefficient (Wildman–Crippen LogP) is 5.86. The van der Waals surface area contributed by atoms with Crippen LogP contribution in [0.1, 0.15) is 37.5 Å². The van der Waals surface area contributed by atoms with E-state index in [-0.39, 0.29) is 11.6 Å². The number of piperazine rings is 1. The molecule has 1 aliphatic rings. The number of hydrogen-bond acceptors (Lipinski definition) is 4. The molecule has 0 saturated carbocycles. The van der Waals surface area contributed by atoms with Crippen molar-refractivity contribution in [2.75, 3.05) is 39.8 Å². The third-order valence-corrected chi connectivity index (χ3v) is 7.84. The van der Waals surface area contributed by atoms with Crippen LogP contribution in [0.3, 0.4) is 0 Å². The molecule has 5 nitrogen and oxygen atoms in total. The van der Waals surface area contributed by atoms with Gasteiger partial charge in [-0.3, -0.25) is 14.5 Å². The zero-order valence-corrected chi connectivity index (χ0v) is 22.8. The number of carbonyl (C=O) groups excluding carboxylic acids is 2. The van der Waals surface area contributed by atoms with Gasteiger partial charge in [-0.15, -0.1) is 0 Å². The first kappa shape index (κ1) is 25.9. The fourth-order valence-corrected chi connectivity index (χ4v) is 5.47. The van der Waals surface area contributed by atoms with Gasteiger partial charge in [0.05, 0.1) is 17.8 Å². The first-order chi connectivity index (χ1) is 19.5. The summed E-state index contributed by atoms with van der Waals surface area (Å²) in [6.07, 6.45) is 2.70. The molecule has 0 unspecified atom stereocenters. The lowest BCUT2D eigenvalue weighted by Gasteiger charge is -2.31. The molecule has 0 bridgehead atoms. The second-order valence-electron chi connectivity index (χ2n) is 10.7. The summed E-state index contributed by atoms with van der Waals surface area (Å²) < 4.78 is 1.89. The summed E-state index contributed by atoms with van der Waals surface area (Å²) in [5.74, 6) is -0.0403. The minimum atomic E-state index is -0.0935. The second kappa shape index (κ2) is 11.4. The maximum Gasteiger partial charge on any atom is 0.209 e. The summed E-state index contributed by atoms with van der Waals surface area (Å²) >= 11 is 0. The Morgan fingerprint density at radius 1 is 0.700 bits per heavy atom. The van der Waals surface area contributed by atoms with E-state index in [2.05, 4.69) is 47.2 Å². The number of benzene rings is 3. The zero-order valence-electron chi connectivity index (χ0n) is 22.8. The van der Waals surface area contributed by atoms with Crippen LogP contribution in [0.5, 0.6) is 0 Å². The van der Waals surface area contributed by atoms with E-state index in [0.717, 1.165) is 54.8 Å². The van der Waals surface area contributed by atoms with E-state index in [4.69, 9.17) is 0 Å². The van der Waals surface area contributed by atoms with Crippen molar-refractivity contribution in [3.63, 3.8) is 0 Å². The fraction of sp³-hybridized carbons (Fsp3) is 0.200. The summed E-state index contributed by atoms with van der Waals surface area (Å²) in [6.45, 7) is 4.00. The summed E-state index contributed by atoms with van der Waals surface area (Å²) in [6, 6.07) is 34.1. The van der Waals surface area contributed by atoms with Crippen LogP contribution < -0.4 is 0 Å². The van der Waals surface area contributed by atoms with Crippen LogP contribution in [0, 0.1) is 0 Å². The molecule has 0 N–H and O–H groups in total. The van der Waals surface area contributed by atoms with Crippen molar-refractivity contribution in [3.05, 3.63) is 137 Å². The predicted molar refractivity (Wildman–Crippen MR) is 160 cm³/mol. The van der Waals surface area contributed by atoms with Crippen LogP contribution in [-0.4, -0.2) is 65.5 Å². The number of ketones is 2. The van der Waals surface area contributed by atoms with E-state index < -0.39 is 0 Å². The van der Waals surface area contributed by atoms with Gasteiger partial charge in [0, 0.05) is 43.5 Å². The molecule has 200 valence electrons. The highest BCUT2D eigenvalue weighted by Crippen LogP contribution is 2.25. The molecule has 40 heavy (non-hydrogen) atoms. The van der Waals surface area contributed by atoms with E-state index >= 15 is 0 Å². The quantitative estimate of drug-likeness (QED) is 0.237. The third kappa shape index (κ3) is 5.53. The minimum absolute atomic E-state index is 0.0531. The molecule has 0 spiro atoms. The molecule has 0 amide bonds. The lowest BCUT2D eigenvalue weighted by Crippen LogP contribution is -2.46. The molecule has 5 heteroatoms. The smallest absolute Gasteiger partial charge is 0.209 e. The molecule has 1 fully saturated rings. The van der Waals surface area contributed by atoms with Gasteiger partial charge in [0.1, 0.15) is 0 Å². The number of aromatic nitrogens is 1. The molecule has 5 aromatic rings. The summed E-state index contributed by atoms with van der Waals surface area (Å²) in [7, 11) is 2.11. The number of nitrogens with zero attached hydrogens (tertiary/aromatic N) is 3. The van der Waals surface area contributed by atoms with Gasteiger partial charge in [0.15, 0.2) is 5.78 Å². The van der Waals surface area contributed by atoms with Crippen molar-refractivity contribution in [2.45, 2.75) is 6.42 Å². The van der Waals surface area contributed by atoms with Crippen LogP contribution in [-0.2, 0) is 6.42 Å². The average molecular weight is 528 g/mol. The molecular weight excluding hydrogens is 494 g/mol. The molecule has 3 heterocycles. The Hall–Kier alpha value is -4.32. The maximum absolute atomic E-state index is 13.8. The first-order valence-electron chi connectivity index (χ1n) is 13.9. The second-order valence-corrected chi connectivity index (χ2v) is 10.7. The standard InChI is InChI=1S/C35H33N3O2/c1-36-18-20-37(21-19-36)25-34(39)31-24-33(35(40)30-14-12-29(13-15-30)28-10-6-3-7-11-28)38-17-16-27(23-32(31)38)22-26-8-4-2-5-9-26/h2-17,23-24H,18-22,25H2,1H3. The Morgan fingerprint density at radius 2 is 1.35 bits per heavy atom. The molecule has 1 aliphatic heterocycles. The van der Waals surface area contributed by atoms with Gasteiger partial charge < -0.3 is 9.30 Å². The molecule has 0 radical (unpaired) electrons. The molecule has 6 rings (SSSR count). The van der Waals surface area contributed by atoms with Gasteiger partial charge in [-0.25, -0.2) is 0 Å². The van der Waals surface area contributed by atoms with Crippen molar-refractivity contribution in [3.8, 4) is 11.1 Å². The van der Waals surface area contributed by atoms with Crippen LogP contribution in [0.2, 0.25) is 0 Å². The van der Waals surface area contributed by atoms with Gasteiger partial charge in [0.25, 0.3) is 0 Å². The molecule has 3 aromatic carbocycles. The van der Waals surface area contributed by atoms with Crippen molar-refractivity contribution >= 4 is 17.1 Å². The monoisotopic (exact) mass is 527 g/mol. The molecule has 2 aromatic heterocycles. The Bertz CT molecular complexity index is 1630. The first-order valence-corrected chi connectivity index (χ1v) is 13.9. The van der Waals surface area contributed by atoms with Gasteiger partial charge in [-0.05, 0) is 53.9 Å². The summed E-state index contributed by atoms with van der Waals surface area (Å²) in [4.78, 5) is 32.0. The molecular formula is C35H33N3O2. The number of hydrogen-bond donors (Lipinski definition) is 0. The molecule has 0 aliphatic carbocycles. The van der Waals surface area contributed by atoms with Crippen LogP contribution in [0.4, 0.5) is 0 Å². The Labute approximate surface area is 235 Å². The maximum atomic E-state index is 13.8. The van der Waals surface area contributed by atoms with Gasteiger partial charge in [-0.2, -0.15) is 0 Å². The largest absolute Gasteiger partial charge is 0.313 e. The highest BCUT2D eigenvalue weighted by molar-refractivity contribution is 6.12. The highest BCUT2D eigenvalue weighted by Gasteiger charge is 2.24. The van der Waals surface area contributed by atoms with E-state index in [0.29, 0.717) is 23.4 Å². The molecule has 0 atom stereocenters. The van der Waals surface area contributed by atoms with E-state index in [1.54, 1.807) is 6.07 Å². The van der Waals surface area contributed by atoms with Crippen LogP contribution >= 0.6 is 0 Å². The highest BCUT2D eigenvalue weighted by atomic mass is 16.1. The third-order valence-electron chi connectivity index (χ3n) is 7.84. The van der Waals surface area contributed by atoms with Gasteiger partial charge in [0.2, 0.25) is 5.78 Å². The number of rotatable bonds is 8. The van der Waals surface area contributed by atoms with Gasteiger partial charge in [-0.1, -0.05) is 84.9 Å². The van der Waals surface area contributed by atoms with E-state index in [9.17, 15) is 9.59 Å². The summed E-state index contributed by atoms with van der Waals surface area (Å²) in [5.41, 5.74) is 6.99. The topological polar surface area (TPSA) is 45.0 Å². The number of carbonyl (C=O) groups is 2. The van der Waals surface area contributed by atoms with Crippen molar-refractivity contribution < 1.29 is 9.59 Å². The zero-order chi connectivity index (χ0) is 27.5. The Morgan fingerprint density at radius 3 is 2.05 bits per heavy atom. The Balaban J connectivity index is 1.34. The van der Waals surface area contributed by atoms with Crippen LogP contribution in [0.15, 0.2) is 109 Å². The Kier molecular flexibility index (Phi) is 7.41. The fourth-order valence-electron chi connectivity index (χ4n) is 5.47. The normalized spacial score (nSPS) is 14.4. The SMILES string of the molecule is CN1CCN(CC(=O)c2cc(C(=O)c3ccc(-c4ccccc4)cc3)n3ccc(Cc4ccccc4)cc23)CC1. The minimum Gasteiger partial charge on any atom is -0.313 e. The number of likely N-dealkylation sites (N-methyl/N-ethyl adjacent to an activating group) is 1. The number of pyridine rings is 1. The lowest BCUT2D eigenvalue weighted by molar-refractivity contribution is 0.0878. The molecule has 1 saturated heterocycles. The summed E-state index contributed by atoms with van der Waals surface area (Å²) in [5, 5.41) is 0. The van der Waals surface area contributed by atoms with Gasteiger partial charge >= 0.3 is 0 Å². The van der Waals surface area contributed by atoms with Crippen LogP contribution in [0.25, 0.3) is 16.6 Å². The van der Waals surface area contributed by atoms with E-state index in [1.807, 2.05) is 77.3 Å². The lowest BCUT2D eigenvalue weighted by atomic mass is 10.0. The number of Topliss-reactive ketones (excluding diaryl/α,β-unsaturated/α-hetero) is 1. The van der Waals surface area contributed by atoms with Crippen molar-refractivity contribution in [2.24, 2.45) is 0 Å². The van der Waals surface area contributed by atoms with E-state index in [1.165, 1.54) is 5.56 Å². The average Bonchev–Trinajstić information content (AvgIpc) is 3.38. The van der Waals surface area contributed by atoms with Crippen molar-refractivity contribution in [1.82, 2.24) is 14.2 Å². The van der Waals surface area contributed by atoms with Crippen molar-refractivity contribution in [1.29, 1.82) is 0 Å².